The first-order valence-electron chi connectivity index (χ1n) is 9.48. The fraction of sp³-hybridized carbons (Fsp3) is 0.400. The highest BCUT2D eigenvalue weighted by Crippen LogP contribution is 2.36. The first-order valence-corrected chi connectivity index (χ1v) is 9.48. The number of benzene rings is 1. The Balaban J connectivity index is 1.65. The van der Waals surface area contributed by atoms with Crippen LogP contribution in [0.5, 0.6) is 0 Å². The summed E-state index contributed by atoms with van der Waals surface area (Å²) in [4.78, 5) is 48.5. The molecule has 3 aliphatic rings. The van der Waals surface area contributed by atoms with Crippen LogP contribution in [0.1, 0.15) is 19.4 Å². The normalized spacial score (nSPS) is 23.2. The summed E-state index contributed by atoms with van der Waals surface area (Å²) in [5, 5.41) is 0. The molecule has 0 aliphatic carbocycles. The highest BCUT2D eigenvalue weighted by molar-refractivity contribution is 6.10. The molecule has 3 aliphatic heterocycles. The van der Waals surface area contributed by atoms with E-state index in [-0.39, 0.29) is 6.61 Å². The van der Waals surface area contributed by atoms with Gasteiger partial charge in [-0.15, -0.1) is 0 Å². The van der Waals surface area contributed by atoms with Crippen molar-refractivity contribution >= 4 is 29.6 Å². The molecule has 3 amide bonds. The van der Waals surface area contributed by atoms with E-state index in [0.717, 1.165) is 21.8 Å². The number of ether oxygens (including phenoxy) is 1. The van der Waals surface area contributed by atoms with Crippen LogP contribution >= 0.6 is 0 Å². The monoisotopic (exact) mass is 397 g/mol. The smallest absolute Gasteiger partial charge is 0.328 e. The second kappa shape index (κ2) is 6.91. The maximum atomic E-state index is 13.1. The summed E-state index contributed by atoms with van der Waals surface area (Å²) < 4.78 is 4.91. The minimum absolute atomic E-state index is 0.184. The van der Waals surface area contributed by atoms with Gasteiger partial charge >= 0.3 is 12.0 Å². The van der Waals surface area contributed by atoms with Crippen molar-refractivity contribution in [3.63, 3.8) is 0 Å². The molecule has 0 aromatic heterocycles. The van der Waals surface area contributed by atoms with Gasteiger partial charge in [0.25, 0.3) is 5.91 Å². The zero-order chi connectivity index (χ0) is 20.9. The van der Waals surface area contributed by atoms with Crippen LogP contribution in [0.4, 0.5) is 10.5 Å². The van der Waals surface area contributed by atoms with Crippen molar-refractivity contribution < 1.29 is 19.1 Å². The molecule has 1 aromatic carbocycles. The molecular formula is C20H23N5O4. The van der Waals surface area contributed by atoms with Gasteiger partial charge in [0.2, 0.25) is 5.96 Å². The summed E-state index contributed by atoms with van der Waals surface area (Å²) >= 11 is 0. The van der Waals surface area contributed by atoms with E-state index in [9.17, 15) is 14.4 Å². The molecule has 9 nitrogen and oxygen atoms in total. The number of imide groups is 1. The topological polar surface area (TPSA) is 85.8 Å². The lowest BCUT2D eigenvalue weighted by Crippen LogP contribution is -2.65. The van der Waals surface area contributed by atoms with Crippen molar-refractivity contribution in [3.8, 4) is 0 Å². The van der Waals surface area contributed by atoms with Crippen molar-refractivity contribution in [2.24, 2.45) is 4.99 Å². The van der Waals surface area contributed by atoms with Gasteiger partial charge in [-0.1, -0.05) is 17.7 Å². The minimum Gasteiger partial charge on any atom is -0.465 e. The number of hydrogen-bond acceptors (Lipinski definition) is 7. The van der Waals surface area contributed by atoms with Crippen molar-refractivity contribution in [3.05, 3.63) is 41.7 Å². The van der Waals surface area contributed by atoms with Crippen molar-refractivity contribution in [2.45, 2.75) is 33.0 Å². The Hall–Kier alpha value is -3.36. The molecular weight excluding hydrogens is 374 g/mol. The second-order valence-electron chi connectivity index (χ2n) is 7.26. The van der Waals surface area contributed by atoms with Gasteiger partial charge in [0.15, 0.2) is 12.2 Å². The van der Waals surface area contributed by atoms with Gasteiger partial charge in [0, 0.05) is 24.6 Å². The number of urea groups is 1. The van der Waals surface area contributed by atoms with E-state index in [0.29, 0.717) is 5.96 Å². The van der Waals surface area contributed by atoms with E-state index in [1.807, 2.05) is 49.2 Å². The first kappa shape index (κ1) is 19.0. The van der Waals surface area contributed by atoms with Crippen LogP contribution in [-0.2, 0) is 14.3 Å². The Morgan fingerprint density at radius 3 is 2.52 bits per heavy atom. The van der Waals surface area contributed by atoms with Gasteiger partial charge in [-0.3, -0.25) is 19.4 Å². The third kappa shape index (κ3) is 2.93. The molecule has 152 valence electrons. The molecule has 0 radical (unpaired) electrons. The Kier molecular flexibility index (Phi) is 4.52. The highest BCUT2D eigenvalue weighted by atomic mass is 16.5. The summed E-state index contributed by atoms with van der Waals surface area (Å²) in [6, 6.07) is 6.73. The van der Waals surface area contributed by atoms with Crippen LogP contribution in [-0.4, -0.2) is 71.0 Å². The second-order valence-corrected chi connectivity index (χ2v) is 7.26. The fourth-order valence-corrected chi connectivity index (χ4v) is 3.85. The number of aryl methyl sites for hydroxylation is 1. The number of likely N-dealkylation sites (N-methyl/N-ethyl adjacent to an activating group) is 1. The van der Waals surface area contributed by atoms with E-state index in [2.05, 4.69) is 0 Å². The zero-order valence-corrected chi connectivity index (χ0v) is 16.8. The number of amides is 3. The van der Waals surface area contributed by atoms with E-state index in [1.165, 1.54) is 4.90 Å². The summed E-state index contributed by atoms with van der Waals surface area (Å²) in [7, 11) is 1.59. The van der Waals surface area contributed by atoms with E-state index < -0.39 is 36.7 Å². The molecule has 1 aromatic rings. The highest BCUT2D eigenvalue weighted by Gasteiger charge is 2.54. The zero-order valence-electron chi connectivity index (χ0n) is 16.8. The molecule has 9 heteroatoms. The molecule has 3 heterocycles. The molecule has 1 saturated heterocycles. The first-order chi connectivity index (χ1) is 13.8. The lowest BCUT2D eigenvalue weighted by atomic mass is 10.1. The van der Waals surface area contributed by atoms with Crippen LogP contribution in [0.25, 0.3) is 0 Å². The van der Waals surface area contributed by atoms with Gasteiger partial charge in [-0.05, 0) is 32.9 Å². The Labute approximate surface area is 168 Å². The van der Waals surface area contributed by atoms with Crippen molar-refractivity contribution in [1.82, 2.24) is 14.7 Å². The molecule has 0 bridgehead atoms. The lowest BCUT2D eigenvalue weighted by Gasteiger charge is -2.39. The van der Waals surface area contributed by atoms with Crippen LogP contribution in [0.2, 0.25) is 0 Å². The average molecular weight is 397 g/mol. The SMILES string of the molecule is CCOC(=O)CN1C(=O)C2C(N=C3N(c4ccc(C)cc4)C(C)=CN32)N(C)C1=O. The number of aliphatic imine (C=N–C) groups is 1. The maximum absolute atomic E-state index is 13.1. The molecule has 0 spiro atoms. The molecule has 2 atom stereocenters. The van der Waals surface area contributed by atoms with Crippen LogP contribution < -0.4 is 4.90 Å². The fourth-order valence-electron chi connectivity index (χ4n) is 3.85. The average Bonchev–Trinajstić information content (AvgIpc) is 3.19. The maximum Gasteiger partial charge on any atom is 0.328 e. The summed E-state index contributed by atoms with van der Waals surface area (Å²) in [5.41, 5.74) is 2.98. The Morgan fingerprint density at radius 1 is 1.17 bits per heavy atom. The van der Waals surface area contributed by atoms with Gasteiger partial charge < -0.3 is 14.5 Å². The molecule has 1 fully saturated rings. The number of carbonyl (C=O) groups is 3. The molecule has 4 rings (SSSR count). The molecule has 29 heavy (non-hydrogen) atoms. The quantitative estimate of drug-likeness (QED) is 0.716. The van der Waals surface area contributed by atoms with Gasteiger partial charge in [0.1, 0.15) is 6.54 Å². The number of hydrogen-bond donors (Lipinski definition) is 0. The predicted octanol–water partition coefficient (Wildman–Crippen LogP) is 1.50. The van der Waals surface area contributed by atoms with E-state index >= 15 is 0 Å². The number of nitrogens with zero attached hydrogens (tertiary/aromatic N) is 5. The van der Waals surface area contributed by atoms with Crippen molar-refractivity contribution in [2.75, 3.05) is 25.1 Å². The molecule has 2 unspecified atom stereocenters. The standard InChI is InChI=1S/C20H23N5O4/c1-5-29-15(26)11-24-18(27)16-17(22(4)20(24)28)21-19-23(16)10-13(3)25(19)14-8-6-12(2)7-9-14/h6-10,16-17H,5,11H2,1-4H3. The van der Waals surface area contributed by atoms with Crippen molar-refractivity contribution in [1.29, 1.82) is 0 Å². The van der Waals surface area contributed by atoms with E-state index in [1.54, 1.807) is 18.9 Å². The molecule has 0 saturated carbocycles. The number of guanidine groups is 1. The van der Waals surface area contributed by atoms with Gasteiger partial charge in [-0.2, -0.15) is 0 Å². The number of fused-ring (bicyclic) bond motifs is 3. The van der Waals surface area contributed by atoms with Gasteiger partial charge in [-0.25, -0.2) is 9.79 Å². The number of rotatable bonds is 4. The summed E-state index contributed by atoms with van der Waals surface area (Å²) in [6.07, 6.45) is 1.20. The van der Waals surface area contributed by atoms with Crippen LogP contribution in [0.3, 0.4) is 0 Å². The Bertz CT molecular complexity index is 939. The number of carbonyl (C=O) groups excluding carboxylic acids is 3. The minimum atomic E-state index is -0.715. The number of esters is 1. The third-order valence-corrected chi connectivity index (χ3v) is 5.27. The predicted molar refractivity (Wildman–Crippen MR) is 106 cm³/mol. The van der Waals surface area contributed by atoms with Crippen LogP contribution in [0, 0.1) is 6.92 Å². The summed E-state index contributed by atoms with van der Waals surface area (Å²) in [5.74, 6) is -0.485. The summed E-state index contributed by atoms with van der Waals surface area (Å²) in [6.45, 7) is 5.40. The van der Waals surface area contributed by atoms with Gasteiger partial charge in [0.05, 0.1) is 6.61 Å². The van der Waals surface area contributed by atoms with Crippen LogP contribution in [0.15, 0.2) is 41.2 Å². The molecule has 0 N–H and O–H groups in total. The Morgan fingerprint density at radius 2 is 1.86 bits per heavy atom. The largest absolute Gasteiger partial charge is 0.465 e. The lowest BCUT2D eigenvalue weighted by molar-refractivity contribution is -0.150. The third-order valence-electron chi connectivity index (χ3n) is 5.27. The van der Waals surface area contributed by atoms with E-state index in [4.69, 9.17) is 9.73 Å². The number of anilines is 1. The number of allylic oxidation sites excluding steroid dienone is 1.